The summed E-state index contributed by atoms with van der Waals surface area (Å²) in [6, 6.07) is -0.260. The van der Waals surface area contributed by atoms with Gasteiger partial charge in [-0.2, -0.15) is 0 Å². The molecule has 0 spiro atoms. The minimum absolute atomic E-state index is 0.130. The molecule has 3 saturated carbocycles. The molecule has 9 rings (SSSR count). The summed E-state index contributed by atoms with van der Waals surface area (Å²) in [5.74, 6) is 0. The van der Waals surface area contributed by atoms with E-state index in [-0.39, 0.29) is 45.7 Å². The Morgan fingerprint density at radius 1 is 0.690 bits per heavy atom. The molecule has 10 heteroatoms. The quantitative estimate of drug-likeness (QED) is 0.579. The SMILES string of the molecule is Cn1c(=O)n2n(c1=O)[C@]1(C)CC[C@H]2C23C[C@]21[C@@H]1CC[C@]3(C)n2c(=O)n(C)c(=O)n21. The number of nitrogens with zero attached hydrogens (tertiary/aromatic N) is 6. The van der Waals surface area contributed by atoms with E-state index in [1.165, 1.54) is 23.2 Å². The molecule has 4 aliphatic heterocycles. The third-order valence-corrected chi connectivity index (χ3v) is 9.96. The Balaban J connectivity index is 1.67. The average molecular weight is 400 g/mol. The maximum atomic E-state index is 13.1. The van der Waals surface area contributed by atoms with E-state index in [1.807, 2.05) is 0 Å². The first-order valence-electron chi connectivity index (χ1n) is 10.4. The van der Waals surface area contributed by atoms with Crippen LogP contribution in [0, 0.1) is 10.8 Å². The van der Waals surface area contributed by atoms with Gasteiger partial charge in [0.1, 0.15) is 0 Å². The molecule has 0 N–H and O–H groups in total. The molecule has 29 heavy (non-hydrogen) atoms. The molecular weight excluding hydrogens is 376 g/mol. The van der Waals surface area contributed by atoms with Gasteiger partial charge in [-0.1, -0.05) is 0 Å². The first kappa shape index (κ1) is 16.3. The number of aromatic nitrogens is 6. The van der Waals surface area contributed by atoms with Gasteiger partial charge in [-0.25, -0.2) is 47.0 Å². The Kier molecular flexibility index (Phi) is 2.20. The van der Waals surface area contributed by atoms with E-state index in [2.05, 4.69) is 13.8 Å². The van der Waals surface area contributed by atoms with E-state index in [1.54, 1.807) is 18.7 Å². The number of fused-ring (bicyclic) bond motifs is 2. The summed E-state index contributed by atoms with van der Waals surface area (Å²) in [7, 11) is 3.08. The lowest BCUT2D eigenvalue weighted by Crippen LogP contribution is -2.73. The lowest BCUT2D eigenvalue weighted by Gasteiger charge is -2.66. The molecule has 4 bridgehead atoms. The van der Waals surface area contributed by atoms with Gasteiger partial charge in [-0.05, 0) is 46.0 Å². The summed E-state index contributed by atoms with van der Waals surface area (Å²) in [5, 5.41) is 0. The molecule has 0 aromatic carbocycles. The molecule has 10 nitrogen and oxygen atoms in total. The van der Waals surface area contributed by atoms with Gasteiger partial charge in [-0.15, -0.1) is 0 Å². The summed E-state index contributed by atoms with van der Waals surface area (Å²) in [4.78, 5) is 52.3. The highest BCUT2D eigenvalue weighted by Crippen LogP contribution is 2.92. The zero-order valence-corrected chi connectivity index (χ0v) is 17.0. The zero-order chi connectivity index (χ0) is 20.5. The predicted octanol–water partition coefficient (Wildman–Crippen LogP) is -0.785. The molecule has 3 fully saturated rings. The fraction of sp³-hybridized carbons (Fsp3) is 0.789. The van der Waals surface area contributed by atoms with E-state index >= 15 is 0 Å². The summed E-state index contributed by atoms with van der Waals surface area (Å²) in [6.45, 7) is 4.20. The van der Waals surface area contributed by atoms with Gasteiger partial charge in [0.25, 0.3) is 0 Å². The van der Waals surface area contributed by atoms with Crippen LogP contribution in [0.4, 0.5) is 0 Å². The average Bonchev–Trinajstić information content (AvgIpc) is 3.36. The Morgan fingerprint density at radius 2 is 1.07 bits per heavy atom. The molecule has 1 unspecified atom stereocenters. The van der Waals surface area contributed by atoms with Crippen molar-refractivity contribution in [2.75, 3.05) is 0 Å². The van der Waals surface area contributed by atoms with Crippen molar-refractivity contribution in [2.45, 2.75) is 69.1 Å². The maximum Gasteiger partial charge on any atom is 0.347 e. The normalized spacial score (nSPS) is 45.0. The van der Waals surface area contributed by atoms with Crippen LogP contribution < -0.4 is 22.8 Å². The Hall–Kier alpha value is -2.52. The van der Waals surface area contributed by atoms with Crippen LogP contribution in [0.1, 0.15) is 58.0 Å². The Labute approximate surface area is 164 Å². The first-order valence-corrected chi connectivity index (χ1v) is 10.4. The maximum absolute atomic E-state index is 13.1. The van der Waals surface area contributed by atoms with Gasteiger partial charge >= 0.3 is 22.8 Å². The summed E-state index contributed by atoms with van der Waals surface area (Å²) < 4.78 is 9.20. The van der Waals surface area contributed by atoms with Crippen LogP contribution in [-0.4, -0.2) is 27.9 Å². The van der Waals surface area contributed by atoms with Crippen LogP contribution in [0.2, 0.25) is 0 Å². The van der Waals surface area contributed by atoms with Gasteiger partial charge in [0.05, 0.1) is 23.2 Å². The first-order chi connectivity index (χ1) is 13.6. The van der Waals surface area contributed by atoms with Gasteiger partial charge in [0.15, 0.2) is 0 Å². The molecule has 3 aliphatic carbocycles. The van der Waals surface area contributed by atoms with Crippen molar-refractivity contribution >= 4 is 0 Å². The third-order valence-electron chi connectivity index (χ3n) is 9.96. The van der Waals surface area contributed by atoms with Crippen molar-refractivity contribution in [1.29, 1.82) is 0 Å². The monoisotopic (exact) mass is 400 g/mol. The van der Waals surface area contributed by atoms with Gasteiger partial charge < -0.3 is 0 Å². The summed E-state index contributed by atoms with van der Waals surface area (Å²) in [5.41, 5.74) is -2.78. The second kappa shape index (κ2) is 3.91. The third kappa shape index (κ3) is 1.11. The van der Waals surface area contributed by atoms with Crippen LogP contribution in [0.3, 0.4) is 0 Å². The minimum atomic E-state index is -0.553. The fourth-order valence-electron chi connectivity index (χ4n) is 8.87. The van der Waals surface area contributed by atoms with Crippen LogP contribution in [-0.2, 0) is 25.2 Å². The van der Waals surface area contributed by atoms with E-state index in [0.717, 1.165) is 32.1 Å². The van der Waals surface area contributed by atoms with Crippen molar-refractivity contribution in [3.63, 3.8) is 0 Å². The largest absolute Gasteiger partial charge is 0.347 e. The van der Waals surface area contributed by atoms with Crippen molar-refractivity contribution in [3.8, 4) is 0 Å². The van der Waals surface area contributed by atoms with E-state index in [4.69, 9.17) is 0 Å². The zero-order valence-electron chi connectivity index (χ0n) is 17.0. The van der Waals surface area contributed by atoms with E-state index in [0.29, 0.717) is 0 Å². The van der Waals surface area contributed by atoms with Crippen molar-refractivity contribution in [3.05, 3.63) is 41.9 Å². The van der Waals surface area contributed by atoms with Crippen molar-refractivity contribution in [1.82, 2.24) is 27.9 Å². The molecule has 6 heterocycles. The molecule has 0 radical (unpaired) electrons. The Morgan fingerprint density at radius 3 is 1.45 bits per heavy atom. The lowest BCUT2D eigenvalue weighted by molar-refractivity contribution is -0.185. The van der Waals surface area contributed by atoms with Gasteiger partial charge in [-0.3, -0.25) is 0 Å². The van der Waals surface area contributed by atoms with Gasteiger partial charge in [0.2, 0.25) is 0 Å². The number of rotatable bonds is 0. The van der Waals surface area contributed by atoms with Crippen LogP contribution in [0.25, 0.3) is 0 Å². The number of hydrogen-bond donors (Lipinski definition) is 0. The second-order valence-corrected chi connectivity index (χ2v) is 10.3. The molecule has 2 aromatic heterocycles. The van der Waals surface area contributed by atoms with Crippen molar-refractivity contribution < 1.29 is 0 Å². The predicted molar refractivity (Wildman–Crippen MR) is 101 cm³/mol. The lowest BCUT2D eigenvalue weighted by atomic mass is 9.51. The second-order valence-electron chi connectivity index (χ2n) is 10.3. The molecule has 154 valence electrons. The smallest absolute Gasteiger partial charge is 0.246 e. The highest BCUT2D eigenvalue weighted by atomic mass is 16.2. The molecule has 2 aromatic rings. The highest BCUT2D eigenvalue weighted by Gasteiger charge is 2.93. The molecular formula is C19H24N6O4. The number of hydrogen-bond acceptors (Lipinski definition) is 4. The summed E-state index contributed by atoms with van der Waals surface area (Å²) in [6.07, 6.45) is 4.09. The molecule has 0 amide bonds. The van der Waals surface area contributed by atoms with E-state index in [9.17, 15) is 19.2 Å². The minimum Gasteiger partial charge on any atom is -0.246 e. The van der Waals surface area contributed by atoms with Crippen LogP contribution >= 0.6 is 0 Å². The molecule has 7 aliphatic rings. The van der Waals surface area contributed by atoms with Crippen LogP contribution in [0.15, 0.2) is 19.2 Å². The topological polar surface area (TPSA) is 97.9 Å². The fourth-order valence-corrected chi connectivity index (χ4v) is 8.87. The Bertz CT molecular complexity index is 1310. The van der Waals surface area contributed by atoms with E-state index < -0.39 is 11.1 Å². The van der Waals surface area contributed by atoms with Crippen LogP contribution in [0.5, 0.6) is 0 Å². The van der Waals surface area contributed by atoms with Crippen molar-refractivity contribution in [2.24, 2.45) is 24.9 Å². The highest BCUT2D eigenvalue weighted by molar-refractivity contribution is 5.40. The summed E-state index contributed by atoms with van der Waals surface area (Å²) >= 11 is 0. The standard InChI is InChI=1S/C19H24N6O4/c1-16-7-5-11(22-12(26)20(3)14(28)24(16)22)19-9-18(16,19)10-6-8-17(19,2)25-15(29)21(4)13(27)23(10)25/h10-11H,5-9H2,1-4H3/t10-,11-,16-,17+,18?,19+/m0/s1. The molecule has 6 atom stereocenters. The molecule has 0 saturated heterocycles. The van der Waals surface area contributed by atoms with Gasteiger partial charge in [0, 0.05) is 24.9 Å².